The SMILES string of the molecule is O=C(CN1NC2c3cc(F)ccc3N(Cc3ccccc3F)CC2C1=O)NCc1ccc(F)cc1. The predicted molar refractivity (Wildman–Crippen MR) is 123 cm³/mol. The molecule has 1 saturated heterocycles. The zero-order valence-electron chi connectivity index (χ0n) is 18.7. The van der Waals surface area contributed by atoms with Crippen molar-refractivity contribution in [2.75, 3.05) is 18.0 Å². The molecule has 3 aromatic rings. The molecule has 0 aromatic heterocycles. The number of carbonyl (C=O) groups is 2. The van der Waals surface area contributed by atoms with Crippen molar-refractivity contribution in [3.63, 3.8) is 0 Å². The first-order valence-electron chi connectivity index (χ1n) is 11.3. The number of halogens is 3. The van der Waals surface area contributed by atoms with Crippen LogP contribution in [0.5, 0.6) is 0 Å². The number of nitrogens with zero attached hydrogens (tertiary/aromatic N) is 2. The number of fused-ring (bicyclic) bond motifs is 3. The standard InChI is InChI=1S/C26H23F3N4O2/c27-18-7-5-16(6-8-18)12-30-24(34)15-33-26(35)21-14-32(13-17-3-1-2-4-22(17)29)23-10-9-19(28)11-20(23)25(21)31-33/h1-11,21,25,31H,12-15H2,(H,30,34). The molecule has 1 fully saturated rings. The van der Waals surface area contributed by atoms with Gasteiger partial charge in [-0.1, -0.05) is 30.3 Å². The van der Waals surface area contributed by atoms with E-state index in [0.717, 1.165) is 5.56 Å². The molecule has 2 aliphatic rings. The van der Waals surface area contributed by atoms with E-state index in [1.54, 1.807) is 36.4 Å². The monoisotopic (exact) mass is 480 g/mol. The van der Waals surface area contributed by atoms with Crippen molar-refractivity contribution in [3.8, 4) is 0 Å². The molecule has 0 radical (unpaired) electrons. The molecule has 2 unspecified atom stereocenters. The number of hydrogen-bond donors (Lipinski definition) is 2. The van der Waals surface area contributed by atoms with Crippen LogP contribution < -0.4 is 15.6 Å². The molecule has 9 heteroatoms. The van der Waals surface area contributed by atoms with E-state index in [4.69, 9.17) is 0 Å². The summed E-state index contributed by atoms with van der Waals surface area (Å²) in [7, 11) is 0. The molecule has 0 aliphatic carbocycles. The molecule has 0 bridgehead atoms. The Bertz CT molecular complexity index is 1270. The summed E-state index contributed by atoms with van der Waals surface area (Å²) in [5.41, 5.74) is 5.55. The lowest BCUT2D eigenvalue weighted by Crippen LogP contribution is -2.43. The normalized spacial score (nSPS) is 18.9. The first-order chi connectivity index (χ1) is 16.9. The van der Waals surface area contributed by atoms with E-state index < -0.39 is 23.7 Å². The third-order valence-electron chi connectivity index (χ3n) is 6.39. The fraction of sp³-hybridized carbons (Fsp3) is 0.231. The van der Waals surface area contributed by atoms with Gasteiger partial charge in [-0.2, -0.15) is 0 Å². The minimum absolute atomic E-state index is 0.193. The minimum Gasteiger partial charge on any atom is -0.366 e. The lowest BCUT2D eigenvalue weighted by Gasteiger charge is -2.36. The van der Waals surface area contributed by atoms with Gasteiger partial charge in [0, 0.05) is 30.9 Å². The average Bonchev–Trinajstić information content (AvgIpc) is 3.15. The fourth-order valence-corrected chi connectivity index (χ4v) is 4.64. The van der Waals surface area contributed by atoms with Crippen LogP contribution in [0.3, 0.4) is 0 Å². The van der Waals surface area contributed by atoms with Crippen LogP contribution in [-0.2, 0) is 22.7 Å². The Morgan fingerprint density at radius 1 is 1.00 bits per heavy atom. The van der Waals surface area contributed by atoms with E-state index in [1.165, 1.54) is 35.3 Å². The number of amides is 2. The highest BCUT2D eigenvalue weighted by Gasteiger charge is 2.46. The van der Waals surface area contributed by atoms with Gasteiger partial charge >= 0.3 is 0 Å². The summed E-state index contributed by atoms with van der Waals surface area (Å²) in [6, 6.07) is 16.0. The van der Waals surface area contributed by atoms with E-state index in [-0.39, 0.29) is 43.7 Å². The van der Waals surface area contributed by atoms with E-state index in [1.807, 2.05) is 4.90 Å². The molecule has 2 heterocycles. The van der Waals surface area contributed by atoms with Gasteiger partial charge in [-0.05, 0) is 47.5 Å². The number of nitrogens with one attached hydrogen (secondary N) is 2. The lowest BCUT2D eigenvalue weighted by atomic mass is 9.88. The molecule has 2 aliphatic heterocycles. The number of anilines is 1. The highest BCUT2D eigenvalue weighted by Crippen LogP contribution is 2.42. The summed E-state index contributed by atoms with van der Waals surface area (Å²) < 4.78 is 41.5. The van der Waals surface area contributed by atoms with E-state index in [2.05, 4.69) is 10.7 Å². The van der Waals surface area contributed by atoms with E-state index >= 15 is 0 Å². The summed E-state index contributed by atoms with van der Waals surface area (Å²) in [6.45, 7) is 0.473. The molecule has 2 amide bonds. The predicted octanol–water partition coefficient (Wildman–Crippen LogP) is 3.44. The van der Waals surface area contributed by atoms with Crippen molar-refractivity contribution in [2.45, 2.75) is 19.1 Å². The van der Waals surface area contributed by atoms with Crippen LogP contribution in [-0.4, -0.2) is 29.9 Å². The highest BCUT2D eigenvalue weighted by atomic mass is 19.1. The van der Waals surface area contributed by atoms with E-state index in [0.29, 0.717) is 16.8 Å². The van der Waals surface area contributed by atoms with Gasteiger partial charge in [0.05, 0.1) is 12.0 Å². The van der Waals surface area contributed by atoms with Crippen molar-refractivity contribution >= 4 is 17.5 Å². The van der Waals surface area contributed by atoms with Crippen molar-refractivity contribution in [1.82, 2.24) is 15.8 Å². The molecule has 6 nitrogen and oxygen atoms in total. The molecule has 35 heavy (non-hydrogen) atoms. The molecule has 2 atom stereocenters. The number of benzene rings is 3. The maximum atomic E-state index is 14.3. The van der Waals surface area contributed by atoms with Gasteiger partial charge in [0.25, 0.3) is 0 Å². The van der Waals surface area contributed by atoms with Crippen molar-refractivity contribution in [3.05, 3.63) is 101 Å². The summed E-state index contributed by atoms with van der Waals surface area (Å²) in [4.78, 5) is 27.6. The Balaban J connectivity index is 1.31. The second-order valence-corrected chi connectivity index (χ2v) is 8.72. The fourth-order valence-electron chi connectivity index (χ4n) is 4.64. The van der Waals surface area contributed by atoms with Gasteiger partial charge in [0.15, 0.2) is 0 Å². The first-order valence-corrected chi connectivity index (χ1v) is 11.3. The molecule has 0 saturated carbocycles. The number of hydrazine groups is 1. The molecule has 2 N–H and O–H groups in total. The van der Waals surface area contributed by atoms with E-state index in [9.17, 15) is 22.8 Å². The Morgan fingerprint density at radius 2 is 1.74 bits per heavy atom. The topological polar surface area (TPSA) is 64.7 Å². The quantitative estimate of drug-likeness (QED) is 0.568. The smallest absolute Gasteiger partial charge is 0.244 e. The van der Waals surface area contributed by atoms with Crippen LogP contribution in [0.2, 0.25) is 0 Å². The zero-order chi connectivity index (χ0) is 24.5. The molecular formula is C26H23F3N4O2. The van der Waals surface area contributed by atoms with Gasteiger partial charge in [0.2, 0.25) is 11.8 Å². The zero-order valence-corrected chi connectivity index (χ0v) is 18.7. The highest BCUT2D eigenvalue weighted by molar-refractivity contribution is 5.88. The minimum atomic E-state index is -0.569. The molecular weight excluding hydrogens is 457 g/mol. The second kappa shape index (κ2) is 9.42. The van der Waals surface area contributed by atoms with Gasteiger partial charge < -0.3 is 10.2 Å². The maximum Gasteiger partial charge on any atom is 0.244 e. The van der Waals surface area contributed by atoms with Crippen LogP contribution in [0.15, 0.2) is 66.7 Å². The summed E-state index contributed by atoms with van der Waals surface area (Å²) in [5.74, 6) is -2.42. The Morgan fingerprint density at radius 3 is 2.51 bits per heavy atom. The van der Waals surface area contributed by atoms with Gasteiger partial charge in [0.1, 0.15) is 24.0 Å². The van der Waals surface area contributed by atoms with Gasteiger partial charge in [-0.3, -0.25) is 14.6 Å². The molecule has 180 valence electrons. The van der Waals surface area contributed by atoms with Gasteiger partial charge in [-0.15, -0.1) is 0 Å². The van der Waals surface area contributed by atoms with Crippen molar-refractivity contribution in [1.29, 1.82) is 0 Å². The van der Waals surface area contributed by atoms with Crippen LogP contribution in [0.4, 0.5) is 18.9 Å². The summed E-state index contributed by atoms with van der Waals surface area (Å²) >= 11 is 0. The van der Waals surface area contributed by atoms with Crippen molar-refractivity contribution in [2.24, 2.45) is 5.92 Å². The van der Waals surface area contributed by atoms with Crippen LogP contribution in [0, 0.1) is 23.4 Å². The lowest BCUT2D eigenvalue weighted by molar-refractivity contribution is -0.137. The molecule has 3 aromatic carbocycles. The second-order valence-electron chi connectivity index (χ2n) is 8.72. The van der Waals surface area contributed by atoms with Crippen LogP contribution in [0.25, 0.3) is 0 Å². The van der Waals surface area contributed by atoms with Gasteiger partial charge in [-0.25, -0.2) is 18.6 Å². The number of rotatable bonds is 6. The van der Waals surface area contributed by atoms with Crippen LogP contribution >= 0.6 is 0 Å². The largest absolute Gasteiger partial charge is 0.366 e. The Kier molecular flexibility index (Phi) is 6.17. The maximum absolute atomic E-state index is 14.3. The number of hydrogen-bond acceptors (Lipinski definition) is 4. The molecule has 0 spiro atoms. The first kappa shape index (κ1) is 22.9. The Hall–Kier alpha value is -3.85. The average molecular weight is 480 g/mol. The summed E-state index contributed by atoms with van der Waals surface area (Å²) in [6.07, 6.45) is 0. The van der Waals surface area contributed by atoms with Crippen molar-refractivity contribution < 1.29 is 22.8 Å². The van der Waals surface area contributed by atoms with Crippen LogP contribution in [0.1, 0.15) is 22.7 Å². The summed E-state index contributed by atoms with van der Waals surface area (Å²) in [5, 5.41) is 3.96. The Labute approximate surface area is 200 Å². The number of carbonyl (C=O) groups excluding carboxylic acids is 2. The third-order valence-corrected chi connectivity index (χ3v) is 6.39. The molecule has 5 rings (SSSR count). The third kappa shape index (κ3) is 4.72.